The molecule has 0 aliphatic carbocycles. The van der Waals surface area contributed by atoms with Crippen molar-refractivity contribution in [2.75, 3.05) is 13.3 Å². The molecule has 0 aromatic heterocycles. The largest absolute Gasteiger partial charge is 0.425 e. The Hall–Kier alpha value is -2.98. The standard InChI is InChI=1S/C18H26N4O6/c1-11(19)16(24)21-13(3)18(26)22-12(2)17(25)20-10-27-9-15(23)28-14-7-5-4-6-8-14/h4-8,11-13H,9-10,19H2,1-3H3,(H,20,25)(H,21,24)(H,22,26)/t11-,12-,13-/m0/s1. The van der Waals surface area contributed by atoms with Crippen LogP contribution in [0.25, 0.3) is 0 Å². The van der Waals surface area contributed by atoms with Gasteiger partial charge in [0.1, 0.15) is 31.2 Å². The van der Waals surface area contributed by atoms with Gasteiger partial charge in [-0.1, -0.05) is 18.2 Å². The van der Waals surface area contributed by atoms with Gasteiger partial charge < -0.3 is 31.2 Å². The summed E-state index contributed by atoms with van der Waals surface area (Å²) in [6.45, 7) is 3.85. The van der Waals surface area contributed by atoms with Gasteiger partial charge in [0, 0.05) is 0 Å². The van der Waals surface area contributed by atoms with Crippen LogP contribution in [0.3, 0.4) is 0 Å². The maximum atomic E-state index is 12.0. The highest BCUT2D eigenvalue weighted by molar-refractivity contribution is 5.92. The van der Waals surface area contributed by atoms with Crippen molar-refractivity contribution in [2.45, 2.75) is 38.9 Å². The molecule has 10 heteroatoms. The molecule has 1 rings (SSSR count). The molecule has 5 N–H and O–H groups in total. The number of para-hydroxylation sites is 1. The first kappa shape index (κ1) is 23.1. The number of carbonyl (C=O) groups is 4. The van der Waals surface area contributed by atoms with Crippen molar-refractivity contribution in [1.29, 1.82) is 0 Å². The molecule has 0 unspecified atom stereocenters. The van der Waals surface area contributed by atoms with Gasteiger partial charge in [0.15, 0.2) is 0 Å². The Morgan fingerprint density at radius 3 is 2.11 bits per heavy atom. The molecule has 1 aromatic carbocycles. The summed E-state index contributed by atoms with van der Waals surface area (Å²) in [5, 5.41) is 7.29. The van der Waals surface area contributed by atoms with Crippen LogP contribution in [0.4, 0.5) is 0 Å². The van der Waals surface area contributed by atoms with Crippen molar-refractivity contribution < 1.29 is 28.7 Å². The predicted octanol–water partition coefficient (Wildman–Crippen LogP) is -0.961. The number of benzene rings is 1. The summed E-state index contributed by atoms with van der Waals surface area (Å²) in [7, 11) is 0. The number of esters is 1. The van der Waals surface area contributed by atoms with Crippen molar-refractivity contribution in [1.82, 2.24) is 16.0 Å². The number of carbonyl (C=O) groups excluding carboxylic acids is 4. The molecule has 0 spiro atoms. The highest BCUT2D eigenvalue weighted by Crippen LogP contribution is 2.08. The lowest BCUT2D eigenvalue weighted by Gasteiger charge is -2.19. The van der Waals surface area contributed by atoms with Crippen LogP contribution in [0, 0.1) is 0 Å². The number of hydrogen-bond donors (Lipinski definition) is 4. The Bertz CT molecular complexity index is 680. The van der Waals surface area contributed by atoms with Gasteiger partial charge in [0.25, 0.3) is 0 Å². The molecule has 3 atom stereocenters. The lowest BCUT2D eigenvalue weighted by molar-refractivity contribution is -0.141. The van der Waals surface area contributed by atoms with Crippen LogP contribution in [-0.2, 0) is 23.9 Å². The fourth-order valence-corrected chi connectivity index (χ4v) is 1.87. The summed E-state index contributed by atoms with van der Waals surface area (Å²) < 4.78 is 10.0. The van der Waals surface area contributed by atoms with Gasteiger partial charge in [-0.2, -0.15) is 0 Å². The second kappa shape index (κ2) is 11.7. The van der Waals surface area contributed by atoms with E-state index < -0.39 is 41.8 Å². The molecule has 0 heterocycles. The minimum Gasteiger partial charge on any atom is -0.425 e. The minimum absolute atomic E-state index is 0.236. The predicted molar refractivity (Wildman–Crippen MR) is 99.9 cm³/mol. The zero-order valence-electron chi connectivity index (χ0n) is 16.1. The summed E-state index contributed by atoms with van der Waals surface area (Å²) in [5.41, 5.74) is 5.41. The summed E-state index contributed by atoms with van der Waals surface area (Å²) in [5.74, 6) is -1.75. The second-order valence-electron chi connectivity index (χ2n) is 6.07. The number of amides is 3. The number of nitrogens with two attached hydrogens (primary N) is 1. The number of rotatable bonds is 10. The Balaban J connectivity index is 2.26. The van der Waals surface area contributed by atoms with Crippen molar-refractivity contribution in [3.05, 3.63) is 30.3 Å². The Labute approximate surface area is 163 Å². The maximum absolute atomic E-state index is 12.0. The minimum atomic E-state index is -0.873. The van der Waals surface area contributed by atoms with Gasteiger partial charge in [-0.15, -0.1) is 0 Å². The van der Waals surface area contributed by atoms with E-state index in [-0.39, 0.29) is 13.3 Å². The van der Waals surface area contributed by atoms with Gasteiger partial charge in [-0.05, 0) is 32.9 Å². The lowest BCUT2D eigenvalue weighted by atomic mass is 10.2. The SMILES string of the molecule is C[C@H](N)C(=O)N[C@@H](C)C(=O)N[C@@H](C)C(=O)NCOCC(=O)Oc1ccccc1. The number of hydrogen-bond acceptors (Lipinski definition) is 7. The molecule has 0 radical (unpaired) electrons. The average Bonchev–Trinajstić information content (AvgIpc) is 2.65. The zero-order chi connectivity index (χ0) is 21.1. The van der Waals surface area contributed by atoms with Crippen molar-refractivity contribution in [3.63, 3.8) is 0 Å². The highest BCUT2D eigenvalue weighted by Gasteiger charge is 2.21. The van der Waals surface area contributed by atoms with Crippen LogP contribution in [-0.4, -0.2) is 55.2 Å². The molecule has 0 aliphatic rings. The van der Waals surface area contributed by atoms with Gasteiger partial charge in [0.05, 0.1) is 6.04 Å². The van der Waals surface area contributed by atoms with Crippen molar-refractivity contribution in [3.8, 4) is 5.75 Å². The van der Waals surface area contributed by atoms with Gasteiger partial charge in [-0.3, -0.25) is 14.4 Å². The molecule has 154 valence electrons. The van der Waals surface area contributed by atoms with E-state index in [0.29, 0.717) is 5.75 Å². The van der Waals surface area contributed by atoms with Crippen molar-refractivity contribution in [2.24, 2.45) is 5.73 Å². The van der Waals surface area contributed by atoms with Crippen LogP contribution < -0.4 is 26.4 Å². The van der Waals surface area contributed by atoms with E-state index in [1.807, 2.05) is 0 Å². The molecular weight excluding hydrogens is 368 g/mol. The van der Waals surface area contributed by atoms with Gasteiger partial charge in [0.2, 0.25) is 17.7 Å². The number of ether oxygens (including phenoxy) is 2. The quantitative estimate of drug-likeness (QED) is 0.173. The van der Waals surface area contributed by atoms with Crippen LogP contribution in [0.1, 0.15) is 20.8 Å². The summed E-state index contributed by atoms with van der Waals surface area (Å²) in [6.07, 6.45) is 0. The van der Waals surface area contributed by atoms with Gasteiger partial charge >= 0.3 is 5.97 Å². The smallest absolute Gasteiger partial charge is 0.337 e. The molecule has 0 saturated carbocycles. The Morgan fingerprint density at radius 2 is 1.50 bits per heavy atom. The van der Waals surface area contributed by atoms with E-state index in [2.05, 4.69) is 16.0 Å². The molecule has 0 saturated heterocycles. The van der Waals surface area contributed by atoms with E-state index in [4.69, 9.17) is 15.2 Å². The van der Waals surface area contributed by atoms with Gasteiger partial charge in [-0.25, -0.2) is 4.79 Å². The molecule has 0 fully saturated rings. The monoisotopic (exact) mass is 394 g/mol. The third-order valence-electron chi connectivity index (χ3n) is 3.46. The number of nitrogens with one attached hydrogen (secondary N) is 3. The third-order valence-corrected chi connectivity index (χ3v) is 3.46. The van der Waals surface area contributed by atoms with Crippen LogP contribution in [0.15, 0.2) is 30.3 Å². The molecule has 28 heavy (non-hydrogen) atoms. The molecule has 0 bridgehead atoms. The molecule has 3 amide bonds. The Kier molecular flexibility index (Phi) is 9.61. The van der Waals surface area contributed by atoms with Crippen molar-refractivity contribution >= 4 is 23.7 Å². The maximum Gasteiger partial charge on any atom is 0.337 e. The van der Waals surface area contributed by atoms with E-state index >= 15 is 0 Å². The fourth-order valence-electron chi connectivity index (χ4n) is 1.87. The third kappa shape index (κ3) is 8.60. The van der Waals surface area contributed by atoms with E-state index in [1.54, 1.807) is 30.3 Å². The highest BCUT2D eigenvalue weighted by atomic mass is 16.6. The second-order valence-corrected chi connectivity index (χ2v) is 6.07. The average molecular weight is 394 g/mol. The topological polar surface area (TPSA) is 149 Å². The summed E-state index contributed by atoms with van der Waals surface area (Å²) in [4.78, 5) is 47.0. The lowest BCUT2D eigenvalue weighted by Crippen LogP contribution is -2.53. The van der Waals surface area contributed by atoms with Crippen LogP contribution in [0.5, 0.6) is 5.75 Å². The summed E-state index contributed by atoms with van der Waals surface area (Å²) in [6, 6.07) is 6.02. The normalized spacial score (nSPS) is 13.6. The first-order chi connectivity index (χ1) is 13.2. The van der Waals surface area contributed by atoms with Crippen LogP contribution >= 0.6 is 0 Å². The molecule has 1 aromatic rings. The van der Waals surface area contributed by atoms with E-state index in [9.17, 15) is 19.2 Å². The Morgan fingerprint density at radius 1 is 0.929 bits per heavy atom. The molecule has 10 nitrogen and oxygen atoms in total. The summed E-state index contributed by atoms with van der Waals surface area (Å²) >= 11 is 0. The van der Waals surface area contributed by atoms with E-state index in [0.717, 1.165) is 0 Å². The molecular formula is C18H26N4O6. The first-order valence-corrected chi connectivity index (χ1v) is 8.68. The molecule has 0 aliphatic heterocycles. The zero-order valence-corrected chi connectivity index (χ0v) is 16.1. The fraction of sp³-hybridized carbons (Fsp3) is 0.444. The van der Waals surface area contributed by atoms with E-state index in [1.165, 1.54) is 20.8 Å². The first-order valence-electron chi connectivity index (χ1n) is 8.68. The van der Waals surface area contributed by atoms with Crippen LogP contribution in [0.2, 0.25) is 0 Å².